The van der Waals surface area contributed by atoms with Gasteiger partial charge in [0.25, 0.3) is 0 Å². The number of halogens is 2. The van der Waals surface area contributed by atoms with Crippen LogP contribution in [0.25, 0.3) is 0 Å². The van der Waals surface area contributed by atoms with Gasteiger partial charge in [-0.1, -0.05) is 47.1 Å². The zero-order valence-electron chi connectivity index (χ0n) is 13.8. The molecule has 8 heteroatoms. The van der Waals surface area contributed by atoms with E-state index in [0.29, 0.717) is 21.6 Å². The Bertz CT molecular complexity index is 954. The van der Waals surface area contributed by atoms with Gasteiger partial charge < -0.3 is 4.74 Å². The lowest BCUT2D eigenvalue weighted by atomic mass is 10.1. The van der Waals surface area contributed by atoms with Crippen molar-refractivity contribution in [3.63, 3.8) is 0 Å². The monoisotopic (exact) mass is 404 g/mol. The number of hydrogen-bond acceptors (Lipinski definition) is 5. The van der Waals surface area contributed by atoms with Crippen molar-refractivity contribution < 1.29 is 4.74 Å². The van der Waals surface area contributed by atoms with Gasteiger partial charge in [-0.15, -0.1) is 10.2 Å². The number of fused-ring (bicyclic) bond motifs is 1. The molecule has 0 aliphatic carbocycles. The van der Waals surface area contributed by atoms with Gasteiger partial charge in [0, 0.05) is 15.8 Å². The van der Waals surface area contributed by atoms with Crippen LogP contribution in [0.5, 0.6) is 5.75 Å². The van der Waals surface area contributed by atoms with Crippen LogP contribution in [0.1, 0.15) is 24.4 Å². The van der Waals surface area contributed by atoms with E-state index < -0.39 is 0 Å². The fraction of sp³-hybridized carbons (Fsp3) is 0.167. The molecule has 0 fully saturated rings. The maximum absolute atomic E-state index is 5.97. The van der Waals surface area contributed by atoms with Crippen LogP contribution in [0.15, 0.2) is 58.8 Å². The maximum atomic E-state index is 5.97. The molecule has 4 rings (SSSR count). The van der Waals surface area contributed by atoms with Gasteiger partial charge in [-0.3, -0.25) is 0 Å². The first kappa shape index (κ1) is 17.4. The molecule has 0 unspecified atom stereocenters. The summed E-state index contributed by atoms with van der Waals surface area (Å²) in [6.45, 7) is 1.92. The lowest BCUT2D eigenvalue weighted by Gasteiger charge is -2.17. The van der Waals surface area contributed by atoms with Crippen molar-refractivity contribution in [3.8, 4) is 5.75 Å². The van der Waals surface area contributed by atoms with Gasteiger partial charge in [0.2, 0.25) is 5.16 Å². The van der Waals surface area contributed by atoms with Crippen LogP contribution in [0.3, 0.4) is 0 Å². The standard InChI is InChI=1S/C18H14Cl2N4OS/c1-11(25-15-8-6-14(20)7-9-15)17-21-22-18-24(17)23-16(10-26-18)12-2-4-13(19)5-3-12/h2-9,11H,10H2,1H3/t11-/m0/s1. The second kappa shape index (κ2) is 7.31. The molecule has 0 spiro atoms. The Labute approximate surface area is 165 Å². The lowest BCUT2D eigenvalue weighted by Crippen LogP contribution is -2.17. The summed E-state index contributed by atoms with van der Waals surface area (Å²) in [6, 6.07) is 14.9. The number of benzene rings is 2. The Hall–Kier alpha value is -2.02. The molecule has 0 bridgehead atoms. The van der Waals surface area contributed by atoms with E-state index >= 15 is 0 Å². The number of aromatic nitrogens is 3. The fourth-order valence-electron chi connectivity index (χ4n) is 2.55. The normalized spacial score (nSPS) is 14.5. The van der Waals surface area contributed by atoms with Gasteiger partial charge in [-0.05, 0) is 48.9 Å². The smallest absolute Gasteiger partial charge is 0.212 e. The largest absolute Gasteiger partial charge is 0.483 e. The Morgan fingerprint density at radius 3 is 2.35 bits per heavy atom. The minimum Gasteiger partial charge on any atom is -0.483 e. The highest BCUT2D eigenvalue weighted by Crippen LogP contribution is 2.29. The quantitative estimate of drug-likeness (QED) is 0.607. The summed E-state index contributed by atoms with van der Waals surface area (Å²) < 4.78 is 7.71. The highest BCUT2D eigenvalue weighted by atomic mass is 35.5. The second-order valence-electron chi connectivity index (χ2n) is 5.71. The van der Waals surface area contributed by atoms with Gasteiger partial charge in [-0.25, -0.2) is 0 Å². The molecule has 1 aliphatic rings. The van der Waals surface area contributed by atoms with Crippen molar-refractivity contribution in [2.45, 2.75) is 18.2 Å². The molecule has 26 heavy (non-hydrogen) atoms. The third-order valence-corrected chi connectivity index (χ3v) is 5.30. The predicted molar refractivity (Wildman–Crippen MR) is 105 cm³/mol. The van der Waals surface area contributed by atoms with Gasteiger partial charge in [-0.2, -0.15) is 9.78 Å². The van der Waals surface area contributed by atoms with Gasteiger partial charge >= 0.3 is 0 Å². The topological polar surface area (TPSA) is 52.3 Å². The van der Waals surface area contributed by atoms with E-state index in [1.807, 2.05) is 43.3 Å². The van der Waals surface area contributed by atoms with Crippen molar-refractivity contribution in [1.82, 2.24) is 14.9 Å². The number of nitrogens with zero attached hydrogens (tertiary/aromatic N) is 4. The van der Waals surface area contributed by atoms with Crippen molar-refractivity contribution in [1.29, 1.82) is 0 Å². The second-order valence-corrected chi connectivity index (χ2v) is 7.52. The van der Waals surface area contributed by atoms with E-state index in [9.17, 15) is 0 Å². The van der Waals surface area contributed by atoms with Crippen LogP contribution in [-0.2, 0) is 0 Å². The lowest BCUT2D eigenvalue weighted by molar-refractivity contribution is 0.211. The summed E-state index contributed by atoms with van der Waals surface area (Å²) >= 11 is 13.5. The zero-order valence-corrected chi connectivity index (χ0v) is 16.1. The van der Waals surface area contributed by atoms with Crippen LogP contribution >= 0.6 is 35.0 Å². The molecule has 1 aromatic heterocycles. The number of hydrogen-bond donors (Lipinski definition) is 0. The van der Waals surface area contributed by atoms with E-state index in [1.54, 1.807) is 28.6 Å². The van der Waals surface area contributed by atoms with Crippen LogP contribution in [0.2, 0.25) is 10.0 Å². The fourth-order valence-corrected chi connectivity index (χ4v) is 3.65. The van der Waals surface area contributed by atoms with Crippen molar-refractivity contribution in [2.75, 3.05) is 5.75 Å². The Morgan fingerprint density at radius 2 is 1.65 bits per heavy atom. The molecule has 132 valence electrons. The molecular weight excluding hydrogens is 391 g/mol. The number of thioether (sulfide) groups is 1. The van der Waals surface area contributed by atoms with E-state index in [1.165, 1.54) is 0 Å². The molecule has 0 saturated heterocycles. The SMILES string of the molecule is C[C@H](Oc1ccc(Cl)cc1)c1nnc2n1N=C(c1ccc(Cl)cc1)CS2. The van der Waals surface area contributed by atoms with Crippen LogP contribution < -0.4 is 4.74 Å². The third kappa shape index (κ3) is 3.58. The van der Waals surface area contributed by atoms with Crippen LogP contribution in [-0.4, -0.2) is 26.3 Å². The molecule has 1 aliphatic heterocycles. The summed E-state index contributed by atoms with van der Waals surface area (Å²) in [5, 5.41) is 15.3. The Balaban J connectivity index is 1.61. The predicted octanol–water partition coefficient (Wildman–Crippen LogP) is 5.08. The van der Waals surface area contributed by atoms with Gasteiger partial charge in [0.05, 0.1) is 5.71 Å². The maximum Gasteiger partial charge on any atom is 0.212 e. The molecule has 0 radical (unpaired) electrons. The Morgan fingerprint density at radius 1 is 1.00 bits per heavy atom. The summed E-state index contributed by atoms with van der Waals surface area (Å²) in [7, 11) is 0. The molecule has 0 amide bonds. The van der Waals surface area contributed by atoms with Crippen molar-refractivity contribution in [3.05, 3.63) is 70.0 Å². The molecule has 2 aromatic carbocycles. The van der Waals surface area contributed by atoms with Crippen molar-refractivity contribution >= 4 is 40.7 Å². The summed E-state index contributed by atoms with van der Waals surface area (Å²) in [5.74, 6) is 2.09. The average molecular weight is 405 g/mol. The van der Waals surface area contributed by atoms with E-state index in [-0.39, 0.29) is 6.10 Å². The minimum absolute atomic E-state index is 0.314. The first-order valence-electron chi connectivity index (χ1n) is 7.94. The van der Waals surface area contributed by atoms with Gasteiger partial charge in [0.15, 0.2) is 11.9 Å². The molecule has 0 saturated carbocycles. The minimum atomic E-state index is -0.314. The first-order valence-corrected chi connectivity index (χ1v) is 9.68. The highest BCUT2D eigenvalue weighted by molar-refractivity contribution is 7.99. The first-order chi connectivity index (χ1) is 12.6. The molecular formula is C18H14Cl2N4OS. The Kier molecular flexibility index (Phi) is 4.89. The average Bonchev–Trinajstić information content (AvgIpc) is 3.07. The molecule has 0 N–H and O–H groups in total. The van der Waals surface area contributed by atoms with Crippen LogP contribution in [0.4, 0.5) is 0 Å². The molecule has 2 heterocycles. The van der Waals surface area contributed by atoms with Crippen LogP contribution in [0, 0.1) is 0 Å². The molecule has 5 nitrogen and oxygen atoms in total. The summed E-state index contributed by atoms with van der Waals surface area (Å²) in [6.07, 6.45) is -0.314. The third-order valence-electron chi connectivity index (χ3n) is 3.86. The molecule has 1 atom stereocenters. The zero-order chi connectivity index (χ0) is 18.1. The highest BCUT2D eigenvalue weighted by Gasteiger charge is 2.24. The number of rotatable bonds is 4. The number of ether oxygens (including phenoxy) is 1. The summed E-state index contributed by atoms with van der Waals surface area (Å²) in [4.78, 5) is 0. The summed E-state index contributed by atoms with van der Waals surface area (Å²) in [5.41, 5.74) is 1.97. The van der Waals surface area contributed by atoms with E-state index in [0.717, 1.165) is 22.2 Å². The molecule has 3 aromatic rings. The van der Waals surface area contributed by atoms with Crippen molar-refractivity contribution in [2.24, 2.45) is 5.10 Å². The van der Waals surface area contributed by atoms with E-state index in [4.69, 9.17) is 33.0 Å². The van der Waals surface area contributed by atoms with E-state index in [2.05, 4.69) is 10.2 Å². The van der Waals surface area contributed by atoms with Gasteiger partial charge in [0.1, 0.15) is 5.75 Å².